The molecule has 4 aliphatic carbocycles. The molecule has 6 rings (SSSR count). The molecule has 2 saturated heterocycles. The molecule has 0 aromatic heterocycles. The maximum Gasteiger partial charge on any atom is 0.316 e. The molecule has 234 valence electrons. The maximum absolute atomic E-state index is 14.0. The lowest BCUT2D eigenvalue weighted by Crippen LogP contribution is -2.63. The van der Waals surface area contributed by atoms with E-state index < -0.39 is 76.6 Å². The molecule has 1 unspecified atom stereocenters. The third-order valence-corrected chi connectivity index (χ3v) is 11.7. The summed E-state index contributed by atoms with van der Waals surface area (Å²) in [6.07, 6.45) is 2.71. The van der Waals surface area contributed by atoms with Crippen LogP contribution in [0.5, 0.6) is 0 Å². The maximum atomic E-state index is 14.0. The summed E-state index contributed by atoms with van der Waals surface area (Å²) < 4.78 is 53.7. The van der Waals surface area contributed by atoms with E-state index in [4.69, 9.17) is 42.6 Å². The van der Waals surface area contributed by atoms with Crippen LogP contribution < -0.4 is 0 Å². The highest BCUT2D eigenvalue weighted by Crippen LogP contribution is 2.78. The fourth-order valence-corrected chi connectivity index (χ4v) is 9.94. The van der Waals surface area contributed by atoms with E-state index in [0.717, 1.165) is 18.4 Å². The van der Waals surface area contributed by atoms with E-state index in [2.05, 4.69) is 6.58 Å². The predicted molar refractivity (Wildman–Crippen MR) is 146 cm³/mol. The summed E-state index contributed by atoms with van der Waals surface area (Å²) in [7, 11) is 9.41. The average Bonchev–Trinajstić information content (AvgIpc) is 3.43. The Bertz CT molecular complexity index is 1160. The number of hydrogen-bond donors (Lipinski definition) is 0. The van der Waals surface area contributed by atoms with Gasteiger partial charge in [0.2, 0.25) is 0 Å². The van der Waals surface area contributed by atoms with Crippen LogP contribution in [0.4, 0.5) is 0 Å². The zero-order valence-corrected chi connectivity index (χ0v) is 25.6. The Hall–Kier alpha value is -1.86. The molecule has 0 aromatic rings. The molecule has 0 N–H and O–H groups in total. The van der Waals surface area contributed by atoms with E-state index in [1.165, 1.54) is 7.11 Å². The van der Waals surface area contributed by atoms with Gasteiger partial charge >= 0.3 is 11.9 Å². The van der Waals surface area contributed by atoms with Gasteiger partial charge in [-0.25, -0.2) is 0 Å². The van der Waals surface area contributed by atoms with Crippen LogP contribution in [0.3, 0.4) is 0 Å². The molecular weight excluding hydrogens is 548 g/mol. The third kappa shape index (κ3) is 3.64. The molecule has 0 radical (unpaired) electrons. The lowest BCUT2D eigenvalue weighted by Gasteiger charge is -2.47. The number of esters is 2. The van der Waals surface area contributed by atoms with Gasteiger partial charge in [0.25, 0.3) is 0 Å². The predicted octanol–water partition coefficient (Wildman–Crippen LogP) is 2.21. The van der Waals surface area contributed by atoms with E-state index in [9.17, 15) is 9.59 Å². The van der Waals surface area contributed by atoms with E-state index in [1.807, 2.05) is 19.1 Å². The molecule has 2 heterocycles. The van der Waals surface area contributed by atoms with Gasteiger partial charge in [0.05, 0.1) is 31.3 Å². The number of ether oxygens (including phenoxy) is 9. The number of methoxy groups -OCH3 is 6. The topological polar surface area (TPSA) is 117 Å². The fraction of sp³-hybridized carbons (Fsp3) is 0.806. The van der Waals surface area contributed by atoms with Gasteiger partial charge < -0.3 is 42.6 Å². The van der Waals surface area contributed by atoms with Crippen LogP contribution in [-0.2, 0) is 52.2 Å². The van der Waals surface area contributed by atoms with E-state index in [0.29, 0.717) is 12.8 Å². The van der Waals surface area contributed by atoms with Crippen LogP contribution in [0.1, 0.15) is 32.6 Å². The molecule has 1 spiro atoms. The lowest BCUT2D eigenvalue weighted by atomic mass is 9.61. The molecule has 6 aliphatic rings. The first-order valence-corrected chi connectivity index (χ1v) is 14.7. The first kappa shape index (κ1) is 30.2. The Kier molecular flexibility index (Phi) is 7.44. The normalized spacial score (nSPS) is 50.4. The Morgan fingerprint density at radius 3 is 2.40 bits per heavy atom. The number of carbonyl (C=O) groups is 2. The SMILES string of the molecule is C=C1C[C@]23C[C@@]1(OC)CC[C@H]2[C@@]12C=C[C@H](O[C@@H]4O[C@H](COC)[C@@H](OC)[C@H](OC)[C@H]4OC)C(C)(C(=O)O1)[C@H]2[C@@H]3C(=O)OC. The van der Waals surface area contributed by atoms with E-state index >= 15 is 0 Å². The first-order chi connectivity index (χ1) is 20.1. The second-order valence-electron chi connectivity index (χ2n) is 13.0. The minimum atomic E-state index is -1.21. The molecule has 2 aliphatic heterocycles. The average molecular weight is 593 g/mol. The van der Waals surface area contributed by atoms with Crippen LogP contribution in [0.15, 0.2) is 24.3 Å². The molecule has 42 heavy (non-hydrogen) atoms. The Morgan fingerprint density at radius 1 is 1.07 bits per heavy atom. The molecule has 0 amide bonds. The van der Waals surface area contributed by atoms with Gasteiger partial charge in [0.1, 0.15) is 35.4 Å². The van der Waals surface area contributed by atoms with Gasteiger partial charge in [-0.1, -0.05) is 12.7 Å². The fourth-order valence-electron chi connectivity index (χ4n) is 9.94. The molecule has 11 nitrogen and oxygen atoms in total. The Labute approximate surface area is 247 Å². The van der Waals surface area contributed by atoms with Crippen LogP contribution in [-0.4, -0.2) is 109 Å². The molecule has 4 bridgehead atoms. The highest BCUT2D eigenvalue weighted by Gasteiger charge is 2.84. The van der Waals surface area contributed by atoms with Crippen molar-refractivity contribution in [2.45, 2.75) is 80.6 Å². The standard InChI is InChI=1S/C31H44O11/c1-16-13-29-15-30(16,39-8)11-9-18(29)31-12-10-19(28(2,27(33)42-31)24(31)20(29)25(32)38-7)41-26-23(37-6)22(36-5)21(35-4)17(40-26)14-34-3/h10,12,17-24,26H,1,9,11,13-15H2,2-8H3/t17-,18-,19+,20-,21-,22+,23-,24-,26+,28?,29+,30+,31-/m1/s1. The molecule has 11 heteroatoms. The third-order valence-electron chi connectivity index (χ3n) is 11.7. The number of hydrogen-bond acceptors (Lipinski definition) is 11. The zero-order valence-electron chi connectivity index (χ0n) is 25.6. The highest BCUT2D eigenvalue weighted by molar-refractivity contribution is 5.87. The summed E-state index contributed by atoms with van der Waals surface area (Å²) in [4.78, 5) is 27.8. The Morgan fingerprint density at radius 2 is 1.79 bits per heavy atom. The monoisotopic (exact) mass is 592 g/mol. The van der Waals surface area contributed by atoms with Gasteiger partial charge in [-0.05, 0) is 49.7 Å². The van der Waals surface area contributed by atoms with E-state index in [1.54, 1.807) is 35.5 Å². The highest BCUT2D eigenvalue weighted by atomic mass is 16.7. The zero-order chi connectivity index (χ0) is 30.2. The van der Waals surface area contributed by atoms with Gasteiger partial charge in [-0.15, -0.1) is 0 Å². The summed E-state index contributed by atoms with van der Waals surface area (Å²) in [5, 5.41) is 0. The quantitative estimate of drug-likeness (QED) is 0.290. The smallest absolute Gasteiger partial charge is 0.316 e. The summed E-state index contributed by atoms with van der Waals surface area (Å²) in [5.41, 5.74) is -2.20. The second kappa shape index (κ2) is 10.4. The number of fused-ring (bicyclic) bond motifs is 1. The van der Waals surface area contributed by atoms with Crippen molar-refractivity contribution in [1.29, 1.82) is 0 Å². The number of carbonyl (C=O) groups excluding carboxylic acids is 2. The van der Waals surface area contributed by atoms with Crippen molar-refractivity contribution in [3.8, 4) is 0 Å². The second-order valence-corrected chi connectivity index (χ2v) is 13.0. The molecule has 0 aromatic carbocycles. The lowest BCUT2D eigenvalue weighted by molar-refractivity contribution is -0.325. The first-order valence-electron chi connectivity index (χ1n) is 14.7. The van der Waals surface area contributed by atoms with Crippen molar-refractivity contribution >= 4 is 11.9 Å². The van der Waals surface area contributed by atoms with Crippen molar-refractivity contribution < 1.29 is 52.2 Å². The summed E-state index contributed by atoms with van der Waals surface area (Å²) >= 11 is 0. The van der Waals surface area contributed by atoms with Crippen LogP contribution in [0.25, 0.3) is 0 Å². The van der Waals surface area contributed by atoms with Crippen molar-refractivity contribution in [3.63, 3.8) is 0 Å². The molecule has 3 saturated carbocycles. The van der Waals surface area contributed by atoms with Crippen molar-refractivity contribution in [2.24, 2.45) is 28.6 Å². The van der Waals surface area contributed by atoms with Crippen LogP contribution >= 0.6 is 0 Å². The van der Waals surface area contributed by atoms with Crippen molar-refractivity contribution in [1.82, 2.24) is 0 Å². The van der Waals surface area contributed by atoms with Gasteiger partial charge in [0.15, 0.2) is 6.29 Å². The number of rotatable bonds is 9. The van der Waals surface area contributed by atoms with Crippen molar-refractivity contribution in [2.75, 3.05) is 49.3 Å². The minimum Gasteiger partial charge on any atom is -0.469 e. The van der Waals surface area contributed by atoms with Gasteiger partial charge in [-0.3, -0.25) is 9.59 Å². The Balaban J connectivity index is 1.40. The van der Waals surface area contributed by atoms with Gasteiger partial charge in [0, 0.05) is 47.4 Å². The van der Waals surface area contributed by atoms with E-state index in [-0.39, 0.29) is 18.5 Å². The van der Waals surface area contributed by atoms with Crippen LogP contribution in [0.2, 0.25) is 0 Å². The summed E-state index contributed by atoms with van der Waals surface area (Å²) in [6.45, 7) is 6.47. The van der Waals surface area contributed by atoms with Crippen molar-refractivity contribution in [3.05, 3.63) is 24.3 Å². The molecule has 5 fully saturated rings. The summed E-state index contributed by atoms with van der Waals surface area (Å²) in [6, 6.07) is 0. The molecule has 13 atom stereocenters. The van der Waals surface area contributed by atoms with Gasteiger partial charge in [-0.2, -0.15) is 0 Å². The van der Waals surface area contributed by atoms with Crippen LogP contribution in [0, 0.1) is 28.6 Å². The summed E-state index contributed by atoms with van der Waals surface area (Å²) in [5.74, 6) is -1.98. The minimum absolute atomic E-state index is 0.0892. The largest absolute Gasteiger partial charge is 0.469 e. The molecular formula is C31H44O11.